The molecular formula is C39H25N5. The molecule has 0 radical (unpaired) electrons. The van der Waals surface area contributed by atoms with Crippen molar-refractivity contribution in [1.29, 1.82) is 0 Å². The smallest absolute Gasteiger partial charge is 0.165 e. The van der Waals surface area contributed by atoms with E-state index in [1.165, 1.54) is 0 Å². The molecule has 0 bridgehead atoms. The Kier molecular flexibility index (Phi) is 5.43. The lowest BCUT2D eigenvalue weighted by Crippen LogP contribution is -1.98. The summed E-state index contributed by atoms with van der Waals surface area (Å²) in [7, 11) is 0. The van der Waals surface area contributed by atoms with E-state index in [2.05, 4.69) is 124 Å². The van der Waals surface area contributed by atoms with Gasteiger partial charge in [-0.25, -0.2) is 15.0 Å². The predicted molar refractivity (Wildman–Crippen MR) is 179 cm³/mol. The summed E-state index contributed by atoms with van der Waals surface area (Å²) in [5, 5.41) is 2.20. The van der Waals surface area contributed by atoms with E-state index >= 15 is 0 Å². The summed E-state index contributed by atoms with van der Waals surface area (Å²) in [6.45, 7) is 0. The molecule has 0 N–H and O–H groups in total. The molecule has 206 valence electrons. The Morgan fingerprint density at radius 3 is 2.09 bits per heavy atom. The third-order valence-electron chi connectivity index (χ3n) is 8.35. The standard InChI is InChI=1S/C39H25N5/c1-2-11-28(12-3-1)38-40-33-17-6-7-18-34(33)44(38)30-14-10-13-29(25-30)26-20-22-27(23-21-26)36-31-15-4-5-16-32(31)37-39(42-36)43-24-9-8-19-35(43)41-37/h1-25H. The molecule has 0 aliphatic heterocycles. The van der Waals surface area contributed by atoms with Crippen LogP contribution in [0.4, 0.5) is 0 Å². The summed E-state index contributed by atoms with van der Waals surface area (Å²) in [4.78, 5) is 15.1. The third kappa shape index (κ3) is 3.83. The topological polar surface area (TPSA) is 48.0 Å². The van der Waals surface area contributed by atoms with Gasteiger partial charge in [-0.2, -0.15) is 0 Å². The molecule has 0 unspecified atom stereocenters. The van der Waals surface area contributed by atoms with Crippen molar-refractivity contribution in [3.8, 4) is 39.5 Å². The molecular weight excluding hydrogens is 538 g/mol. The average molecular weight is 564 g/mol. The molecule has 0 aliphatic rings. The first-order valence-corrected chi connectivity index (χ1v) is 14.7. The zero-order valence-electron chi connectivity index (χ0n) is 23.7. The number of pyridine rings is 2. The Morgan fingerprint density at radius 2 is 1.20 bits per heavy atom. The highest BCUT2D eigenvalue weighted by Gasteiger charge is 2.16. The van der Waals surface area contributed by atoms with Gasteiger partial charge in [-0.1, -0.05) is 109 Å². The van der Waals surface area contributed by atoms with E-state index in [9.17, 15) is 0 Å². The highest BCUT2D eigenvalue weighted by Crippen LogP contribution is 2.35. The highest BCUT2D eigenvalue weighted by molar-refractivity contribution is 6.09. The van der Waals surface area contributed by atoms with Crippen molar-refractivity contribution in [2.75, 3.05) is 0 Å². The quantitative estimate of drug-likeness (QED) is 0.214. The van der Waals surface area contributed by atoms with Crippen molar-refractivity contribution in [2.24, 2.45) is 0 Å². The minimum atomic E-state index is 0.868. The maximum Gasteiger partial charge on any atom is 0.165 e. The molecule has 9 aromatic rings. The number of para-hydroxylation sites is 2. The maximum absolute atomic E-state index is 5.17. The van der Waals surface area contributed by atoms with Crippen LogP contribution in [0.2, 0.25) is 0 Å². The van der Waals surface area contributed by atoms with Crippen molar-refractivity contribution in [1.82, 2.24) is 23.9 Å². The van der Waals surface area contributed by atoms with Crippen LogP contribution in [0.3, 0.4) is 0 Å². The molecule has 0 atom stereocenters. The van der Waals surface area contributed by atoms with E-state index in [1.54, 1.807) is 0 Å². The number of imidazole rings is 2. The van der Waals surface area contributed by atoms with Gasteiger partial charge in [-0.15, -0.1) is 0 Å². The zero-order chi connectivity index (χ0) is 29.0. The lowest BCUT2D eigenvalue weighted by molar-refractivity contribution is 1.10. The van der Waals surface area contributed by atoms with Crippen LogP contribution in [0, 0.1) is 0 Å². The second-order valence-corrected chi connectivity index (χ2v) is 11.0. The predicted octanol–water partition coefficient (Wildman–Crippen LogP) is 9.38. The second kappa shape index (κ2) is 9.75. The first kappa shape index (κ1) is 24.5. The SMILES string of the molecule is c1ccc(-c2nc3ccccc3n2-c2cccc(-c3ccc(-c4nc5c(nc6ccccn65)c5ccccc45)cc3)c2)cc1. The van der Waals surface area contributed by atoms with Gasteiger partial charge >= 0.3 is 0 Å². The van der Waals surface area contributed by atoms with Crippen LogP contribution in [-0.2, 0) is 0 Å². The largest absolute Gasteiger partial charge is 0.292 e. The van der Waals surface area contributed by atoms with Crippen LogP contribution in [0.5, 0.6) is 0 Å². The lowest BCUT2D eigenvalue weighted by atomic mass is 9.99. The first-order valence-electron chi connectivity index (χ1n) is 14.7. The van der Waals surface area contributed by atoms with Gasteiger partial charge in [0.05, 0.1) is 16.7 Å². The second-order valence-electron chi connectivity index (χ2n) is 11.0. The van der Waals surface area contributed by atoms with Gasteiger partial charge < -0.3 is 0 Å². The Bertz CT molecular complexity index is 2490. The molecule has 9 rings (SSSR count). The number of benzene rings is 5. The van der Waals surface area contributed by atoms with Gasteiger partial charge in [0.2, 0.25) is 0 Å². The maximum atomic E-state index is 5.17. The molecule has 5 heteroatoms. The van der Waals surface area contributed by atoms with Crippen LogP contribution in [-0.4, -0.2) is 23.9 Å². The number of nitrogens with zero attached hydrogens (tertiary/aromatic N) is 5. The van der Waals surface area contributed by atoms with Crippen LogP contribution in [0.25, 0.3) is 78.1 Å². The van der Waals surface area contributed by atoms with Gasteiger partial charge in [-0.05, 0) is 47.5 Å². The fourth-order valence-corrected chi connectivity index (χ4v) is 6.27. The van der Waals surface area contributed by atoms with Crippen LogP contribution in [0.1, 0.15) is 0 Å². The fourth-order valence-electron chi connectivity index (χ4n) is 6.27. The Balaban J connectivity index is 1.16. The van der Waals surface area contributed by atoms with E-state index in [1.807, 2.05) is 36.5 Å². The number of hydrogen-bond acceptors (Lipinski definition) is 3. The summed E-state index contributed by atoms with van der Waals surface area (Å²) in [6, 6.07) is 50.6. The molecule has 4 heterocycles. The molecule has 5 aromatic carbocycles. The molecule has 5 nitrogen and oxygen atoms in total. The number of fused-ring (bicyclic) bond motifs is 6. The Labute approximate surface area is 253 Å². The van der Waals surface area contributed by atoms with E-state index in [4.69, 9.17) is 15.0 Å². The van der Waals surface area contributed by atoms with Gasteiger partial charge in [-0.3, -0.25) is 8.97 Å². The summed E-state index contributed by atoms with van der Waals surface area (Å²) in [5.41, 5.74) is 11.2. The summed E-state index contributed by atoms with van der Waals surface area (Å²) >= 11 is 0. The van der Waals surface area contributed by atoms with Crippen LogP contribution < -0.4 is 0 Å². The molecule has 0 amide bonds. The van der Waals surface area contributed by atoms with E-state index < -0.39 is 0 Å². The van der Waals surface area contributed by atoms with Crippen LogP contribution in [0.15, 0.2) is 152 Å². The van der Waals surface area contributed by atoms with Gasteiger partial charge in [0.15, 0.2) is 5.65 Å². The summed E-state index contributed by atoms with van der Waals surface area (Å²) < 4.78 is 4.32. The lowest BCUT2D eigenvalue weighted by Gasteiger charge is -2.12. The molecule has 0 aliphatic carbocycles. The third-order valence-corrected chi connectivity index (χ3v) is 8.35. The average Bonchev–Trinajstić information content (AvgIpc) is 3.68. The van der Waals surface area contributed by atoms with E-state index in [-0.39, 0.29) is 0 Å². The monoisotopic (exact) mass is 563 g/mol. The number of rotatable bonds is 4. The summed E-state index contributed by atoms with van der Waals surface area (Å²) in [5.74, 6) is 0.931. The van der Waals surface area contributed by atoms with Crippen molar-refractivity contribution in [2.45, 2.75) is 0 Å². The number of hydrogen-bond donors (Lipinski definition) is 0. The Morgan fingerprint density at radius 1 is 0.477 bits per heavy atom. The van der Waals surface area contributed by atoms with Gasteiger partial charge in [0.1, 0.15) is 17.0 Å². The minimum Gasteiger partial charge on any atom is -0.292 e. The van der Waals surface area contributed by atoms with Gasteiger partial charge in [0.25, 0.3) is 0 Å². The molecule has 0 saturated carbocycles. The van der Waals surface area contributed by atoms with Crippen LogP contribution >= 0.6 is 0 Å². The van der Waals surface area contributed by atoms with E-state index in [0.717, 1.165) is 78.1 Å². The van der Waals surface area contributed by atoms with E-state index in [0.29, 0.717) is 0 Å². The normalized spacial score (nSPS) is 11.6. The molecule has 44 heavy (non-hydrogen) atoms. The molecule has 0 spiro atoms. The van der Waals surface area contributed by atoms with Gasteiger partial charge in [0, 0.05) is 33.8 Å². The Hall–Kier alpha value is -6.07. The number of aromatic nitrogens is 5. The first-order chi connectivity index (χ1) is 21.8. The molecule has 0 fully saturated rings. The molecule has 0 saturated heterocycles. The van der Waals surface area contributed by atoms with Crippen molar-refractivity contribution >= 4 is 38.6 Å². The fraction of sp³-hybridized carbons (Fsp3) is 0. The summed E-state index contributed by atoms with van der Waals surface area (Å²) in [6.07, 6.45) is 2.03. The highest BCUT2D eigenvalue weighted by atomic mass is 15.1. The minimum absolute atomic E-state index is 0.868. The zero-order valence-corrected chi connectivity index (χ0v) is 23.7. The van der Waals surface area contributed by atoms with Crippen molar-refractivity contribution < 1.29 is 0 Å². The molecule has 4 aromatic heterocycles. The van der Waals surface area contributed by atoms with Crippen molar-refractivity contribution in [3.05, 3.63) is 152 Å². The van der Waals surface area contributed by atoms with Crippen molar-refractivity contribution in [3.63, 3.8) is 0 Å².